The number of carbonyl (C=O) groups excluding carboxylic acids is 4. The Labute approximate surface area is 156 Å². The van der Waals surface area contributed by atoms with E-state index in [0.29, 0.717) is 16.0 Å². The molecule has 0 atom stereocenters. The molecule has 10 heteroatoms. The van der Waals surface area contributed by atoms with Gasteiger partial charge in [0.05, 0.1) is 13.2 Å². The second kappa shape index (κ2) is 10.2. The van der Waals surface area contributed by atoms with E-state index >= 15 is 0 Å². The molecule has 0 unspecified atom stereocenters. The minimum atomic E-state index is -0.795. The third-order valence-corrected chi connectivity index (χ3v) is 2.96. The van der Waals surface area contributed by atoms with Crippen molar-refractivity contribution in [1.82, 2.24) is 10.5 Å². The van der Waals surface area contributed by atoms with E-state index in [1.165, 1.54) is 18.2 Å². The van der Waals surface area contributed by atoms with Gasteiger partial charge >= 0.3 is 23.8 Å². The minimum absolute atomic E-state index is 0.0120. The number of nitrogens with zero attached hydrogens (tertiary/aromatic N) is 2. The summed E-state index contributed by atoms with van der Waals surface area (Å²) >= 11 is 0. The molecule has 0 aromatic heterocycles. The predicted octanol–water partition coefficient (Wildman–Crippen LogP) is 1.74. The monoisotopic (exact) mass is 382 g/mol. The van der Waals surface area contributed by atoms with Crippen LogP contribution in [0.3, 0.4) is 0 Å². The fourth-order valence-electron chi connectivity index (χ4n) is 1.91. The van der Waals surface area contributed by atoms with Crippen molar-refractivity contribution in [3.05, 3.63) is 34.9 Å². The zero-order valence-corrected chi connectivity index (χ0v) is 15.8. The molecule has 0 saturated carbocycles. The number of benzene rings is 1. The van der Waals surface area contributed by atoms with E-state index in [0.717, 1.165) is 13.8 Å². The van der Waals surface area contributed by atoms with Crippen LogP contribution in [-0.4, -0.2) is 47.4 Å². The fraction of sp³-hybridized carbons (Fsp3) is 0.412. The number of rotatable bonds is 6. The summed E-state index contributed by atoms with van der Waals surface area (Å²) in [4.78, 5) is 66.9. The number of amides is 2. The molecule has 0 spiro atoms. The van der Waals surface area contributed by atoms with Crippen molar-refractivity contribution in [2.45, 2.75) is 34.6 Å². The van der Waals surface area contributed by atoms with Gasteiger partial charge in [-0.3, -0.25) is 9.59 Å². The molecule has 0 fully saturated rings. The largest absolute Gasteiger partial charge is 0.332 e. The summed E-state index contributed by atoms with van der Waals surface area (Å²) in [5.74, 6) is -3.08. The van der Waals surface area contributed by atoms with Gasteiger partial charge in [-0.15, -0.1) is 0 Å². The van der Waals surface area contributed by atoms with Gasteiger partial charge in [0.15, 0.2) is 0 Å². The smallest absolute Gasteiger partial charge is 0.312 e. The molecule has 2 amide bonds. The minimum Gasteiger partial charge on any atom is -0.312 e. The Balaban J connectivity index is 3.20. The molecular weight excluding hydrogens is 360 g/mol. The van der Waals surface area contributed by atoms with Gasteiger partial charge in [-0.2, -0.15) is 0 Å². The third kappa shape index (κ3) is 6.35. The quantitative estimate of drug-likeness (QED) is 0.684. The van der Waals surface area contributed by atoms with Crippen molar-refractivity contribution in [1.29, 1.82) is 0 Å². The summed E-state index contributed by atoms with van der Waals surface area (Å²) in [5.41, 5.74) is 0.566. The van der Waals surface area contributed by atoms with Crippen LogP contribution in [0.15, 0.2) is 18.2 Å². The maximum atomic E-state index is 12.6. The van der Waals surface area contributed by atoms with Gasteiger partial charge in [-0.25, -0.2) is 19.3 Å². The second-order valence-corrected chi connectivity index (χ2v) is 5.16. The van der Waals surface area contributed by atoms with Crippen LogP contribution in [0.2, 0.25) is 0 Å². The number of hydroxylamine groups is 4. The molecule has 1 aromatic carbocycles. The molecule has 0 radical (unpaired) electrons. The van der Waals surface area contributed by atoms with E-state index in [4.69, 9.17) is 19.4 Å². The van der Waals surface area contributed by atoms with Gasteiger partial charge in [-0.05, 0) is 48.9 Å². The van der Waals surface area contributed by atoms with Crippen LogP contribution < -0.4 is 0 Å². The molecule has 0 heterocycles. The molecule has 0 saturated heterocycles. The van der Waals surface area contributed by atoms with Crippen LogP contribution in [-0.2, 0) is 28.9 Å². The first-order chi connectivity index (χ1) is 12.7. The van der Waals surface area contributed by atoms with Crippen LogP contribution >= 0.6 is 0 Å². The van der Waals surface area contributed by atoms with Crippen LogP contribution in [0.4, 0.5) is 0 Å². The summed E-state index contributed by atoms with van der Waals surface area (Å²) in [5, 5.41) is 0.888. The van der Waals surface area contributed by atoms with Crippen LogP contribution in [0.1, 0.15) is 54.0 Å². The maximum absolute atomic E-state index is 12.6. The molecule has 0 aliphatic carbocycles. The van der Waals surface area contributed by atoms with Gasteiger partial charge in [0, 0.05) is 25.0 Å². The van der Waals surface area contributed by atoms with Crippen LogP contribution in [0, 0.1) is 6.92 Å². The zero-order valence-electron chi connectivity index (χ0n) is 15.8. The molecule has 0 aliphatic rings. The Kier molecular flexibility index (Phi) is 8.36. The van der Waals surface area contributed by atoms with Crippen molar-refractivity contribution in [3.8, 4) is 0 Å². The number of hydrogen-bond acceptors (Lipinski definition) is 8. The van der Waals surface area contributed by atoms with Gasteiger partial charge in [-0.1, -0.05) is 6.07 Å². The van der Waals surface area contributed by atoms with Crippen molar-refractivity contribution in [2.24, 2.45) is 0 Å². The third-order valence-electron chi connectivity index (χ3n) is 2.96. The van der Waals surface area contributed by atoms with E-state index in [1.807, 2.05) is 0 Å². The van der Waals surface area contributed by atoms with Gasteiger partial charge < -0.3 is 9.68 Å². The maximum Gasteiger partial charge on any atom is 0.332 e. The van der Waals surface area contributed by atoms with Crippen molar-refractivity contribution in [2.75, 3.05) is 13.2 Å². The average molecular weight is 382 g/mol. The fourth-order valence-corrected chi connectivity index (χ4v) is 1.91. The Morgan fingerprint density at radius 3 is 1.78 bits per heavy atom. The number of aryl methyl sites for hydroxylation is 1. The lowest BCUT2D eigenvalue weighted by Crippen LogP contribution is -2.35. The van der Waals surface area contributed by atoms with Crippen molar-refractivity contribution < 1.29 is 38.5 Å². The highest BCUT2D eigenvalue weighted by Crippen LogP contribution is 2.17. The Morgan fingerprint density at radius 1 is 0.852 bits per heavy atom. The van der Waals surface area contributed by atoms with E-state index in [2.05, 4.69) is 0 Å². The molecule has 0 aliphatic heterocycles. The second-order valence-electron chi connectivity index (χ2n) is 5.16. The number of hydrogen-bond donors (Lipinski definition) is 0. The topological polar surface area (TPSA) is 112 Å². The standard InChI is InChI=1S/C17H22N2O8/c1-6-24-18(26-12(4)20)16(22)14-9-8-11(3)15(10-14)17(23)19(25-7-2)27-13(5)21/h8-10H,6-7H2,1-5H3. The van der Waals surface area contributed by atoms with Crippen molar-refractivity contribution >= 4 is 23.8 Å². The highest BCUT2D eigenvalue weighted by Gasteiger charge is 2.26. The number of carbonyl (C=O) groups is 4. The van der Waals surface area contributed by atoms with Crippen molar-refractivity contribution in [3.63, 3.8) is 0 Å². The van der Waals surface area contributed by atoms with Gasteiger partial charge in [0.1, 0.15) is 0 Å². The summed E-state index contributed by atoms with van der Waals surface area (Å²) < 4.78 is 0. The lowest BCUT2D eigenvalue weighted by atomic mass is 10.0. The van der Waals surface area contributed by atoms with Crippen LogP contribution in [0.25, 0.3) is 0 Å². The summed E-state index contributed by atoms with van der Waals surface area (Å²) in [6.07, 6.45) is 0. The Bertz CT molecular complexity index is 719. The molecule has 148 valence electrons. The lowest BCUT2D eigenvalue weighted by molar-refractivity contribution is -0.304. The van der Waals surface area contributed by atoms with Gasteiger partial charge in [0.25, 0.3) is 0 Å². The lowest BCUT2D eigenvalue weighted by Gasteiger charge is -2.21. The highest BCUT2D eigenvalue weighted by molar-refractivity contribution is 6.00. The van der Waals surface area contributed by atoms with E-state index in [1.54, 1.807) is 20.8 Å². The SMILES string of the molecule is CCON(OC(C)=O)C(=O)c1ccc(C)c(C(=O)N(OCC)OC(C)=O)c1. The van der Waals surface area contributed by atoms with E-state index < -0.39 is 23.8 Å². The molecule has 0 bridgehead atoms. The molecule has 1 aromatic rings. The van der Waals surface area contributed by atoms with E-state index in [9.17, 15) is 19.2 Å². The van der Waals surface area contributed by atoms with Gasteiger partial charge in [0.2, 0.25) is 0 Å². The van der Waals surface area contributed by atoms with Crippen LogP contribution in [0.5, 0.6) is 0 Å². The molecule has 0 N–H and O–H groups in total. The zero-order chi connectivity index (χ0) is 20.6. The Morgan fingerprint density at radius 2 is 1.33 bits per heavy atom. The molecule has 27 heavy (non-hydrogen) atoms. The molecule has 1 rings (SSSR count). The summed E-state index contributed by atoms with van der Waals surface area (Å²) in [6.45, 7) is 7.21. The molecule has 10 nitrogen and oxygen atoms in total. The highest BCUT2D eigenvalue weighted by atomic mass is 17.0. The normalized spacial score (nSPS) is 10.1. The first-order valence-corrected chi connectivity index (χ1v) is 8.13. The Hall–Kier alpha value is -2.98. The summed E-state index contributed by atoms with van der Waals surface area (Å²) in [7, 11) is 0. The summed E-state index contributed by atoms with van der Waals surface area (Å²) in [6, 6.07) is 4.20. The average Bonchev–Trinajstić information content (AvgIpc) is 2.59. The van der Waals surface area contributed by atoms with E-state index in [-0.39, 0.29) is 24.3 Å². The molecular formula is C17H22N2O8. The first-order valence-electron chi connectivity index (χ1n) is 8.13. The predicted molar refractivity (Wildman–Crippen MR) is 90.3 cm³/mol. The first kappa shape index (κ1) is 22.1.